The molecule has 1 amide bonds. The maximum Gasteiger partial charge on any atom is 0.224 e. The van der Waals surface area contributed by atoms with E-state index in [0.717, 1.165) is 12.0 Å². The molecule has 14 heavy (non-hydrogen) atoms. The second-order valence-electron chi connectivity index (χ2n) is 3.54. The van der Waals surface area contributed by atoms with Gasteiger partial charge in [0.15, 0.2) is 0 Å². The molecule has 0 aliphatic heterocycles. The summed E-state index contributed by atoms with van der Waals surface area (Å²) in [5.74, 6) is 0.102. The number of amides is 1. The molecule has 1 atom stereocenters. The molecule has 0 fully saturated rings. The quantitative estimate of drug-likeness (QED) is 0.781. The molecule has 2 heteroatoms. The number of benzene rings is 1. The van der Waals surface area contributed by atoms with Gasteiger partial charge in [-0.3, -0.25) is 4.79 Å². The van der Waals surface area contributed by atoms with Crippen LogP contribution in [0.5, 0.6) is 0 Å². The third kappa shape index (κ3) is 3.60. The third-order valence-corrected chi connectivity index (χ3v) is 2.23. The lowest BCUT2D eigenvalue weighted by atomic mass is 10.1. The molecule has 0 aliphatic carbocycles. The van der Waals surface area contributed by atoms with Crippen LogP contribution < -0.4 is 5.32 Å². The SMILES string of the molecule is CCC(C)NC(=O)Cc1ccccc1.[HH]. The van der Waals surface area contributed by atoms with Crippen LogP contribution in [-0.2, 0) is 11.2 Å². The molecule has 1 N–H and O–H groups in total. The molecule has 0 heterocycles. The van der Waals surface area contributed by atoms with Gasteiger partial charge in [-0.2, -0.15) is 0 Å². The van der Waals surface area contributed by atoms with Crippen molar-refractivity contribution in [3.05, 3.63) is 35.9 Å². The van der Waals surface area contributed by atoms with Crippen LogP contribution in [0.15, 0.2) is 30.3 Å². The zero-order chi connectivity index (χ0) is 10.4. The van der Waals surface area contributed by atoms with Gasteiger partial charge in [-0.05, 0) is 18.9 Å². The number of carbonyl (C=O) groups is 1. The minimum atomic E-state index is 0. The van der Waals surface area contributed by atoms with E-state index in [1.165, 1.54) is 0 Å². The molecule has 78 valence electrons. The zero-order valence-corrected chi connectivity index (χ0v) is 8.79. The van der Waals surface area contributed by atoms with Gasteiger partial charge in [0.05, 0.1) is 6.42 Å². The first-order valence-corrected chi connectivity index (χ1v) is 5.05. The lowest BCUT2D eigenvalue weighted by Crippen LogP contribution is -2.33. The van der Waals surface area contributed by atoms with Crippen LogP contribution in [0, 0.1) is 0 Å². The van der Waals surface area contributed by atoms with Gasteiger partial charge in [-0.1, -0.05) is 37.3 Å². The Balaban J connectivity index is 0.00000196. The van der Waals surface area contributed by atoms with Crippen LogP contribution in [0.2, 0.25) is 0 Å². The van der Waals surface area contributed by atoms with Crippen LogP contribution in [0.4, 0.5) is 0 Å². The summed E-state index contributed by atoms with van der Waals surface area (Å²) in [4.78, 5) is 11.5. The van der Waals surface area contributed by atoms with E-state index in [1.54, 1.807) is 0 Å². The second-order valence-corrected chi connectivity index (χ2v) is 3.54. The Morgan fingerprint density at radius 2 is 2.07 bits per heavy atom. The van der Waals surface area contributed by atoms with Crippen molar-refractivity contribution >= 4 is 5.91 Å². The Morgan fingerprint density at radius 3 is 2.64 bits per heavy atom. The lowest BCUT2D eigenvalue weighted by molar-refractivity contribution is -0.121. The van der Waals surface area contributed by atoms with Crippen molar-refractivity contribution in [1.29, 1.82) is 0 Å². The number of carbonyl (C=O) groups excluding carboxylic acids is 1. The van der Waals surface area contributed by atoms with E-state index in [-0.39, 0.29) is 13.4 Å². The van der Waals surface area contributed by atoms with Gasteiger partial charge in [0.1, 0.15) is 0 Å². The van der Waals surface area contributed by atoms with Crippen molar-refractivity contribution in [3.8, 4) is 0 Å². The van der Waals surface area contributed by atoms with Crippen molar-refractivity contribution in [2.24, 2.45) is 0 Å². The molecule has 0 bridgehead atoms. The fourth-order valence-corrected chi connectivity index (χ4v) is 1.21. The molecule has 1 aromatic rings. The van der Waals surface area contributed by atoms with E-state index in [9.17, 15) is 4.79 Å². The normalized spacial score (nSPS) is 12.1. The first-order valence-electron chi connectivity index (χ1n) is 5.05. The van der Waals surface area contributed by atoms with Crippen LogP contribution in [0.1, 0.15) is 27.3 Å². The minimum Gasteiger partial charge on any atom is -0.353 e. The molecule has 0 aromatic heterocycles. The Morgan fingerprint density at radius 1 is 1.43 bits per heavy atom. The predicted octanol–water partition coefficient (Wildman–Crippen LogP) is 2.39. The Bertz CT molecular complexity index is 287. The van der Waals surface area contributed by atoms with E-state index >= 15 is 0 Å². The molecular weight excluding hydrogens is 174 g/mol. The van der Waals surface area contributed by atoms with Crippen molar-refractivity contribution in [1.82, 2.24) is 5.32 Å². The van der Waals surface area contributed by atoms with Gasteiger partial charge in [0, 0.05) is 7.47 Å². The van der Waals surface area contributed by atoms with Gasteiger partial charge in [0.25, 0.3) is 0 Å². The fourth-order valence-electron chi connectivity index (χ4n) is 1.21. The van der Waals surface area contributed by atoms with E-state index in [1.807, 2.05) is 37.3 Å². The highest BCUT2D eigenvalue weighted by Crippen LogP contribution is 1.99. The van der Waals surface area contributed by atoms with Crippen LogP contribution in [0.25, 0.3) is 0 Å². The van der Waals surface area contributed by atoms with Gasteiger partial charge in [-0.25, -0.2) is 0 Å². The first-order chi connectivity index (χ1) is 6.72. The van der Waals surface area contributed by atoms with Crippen molar-refractivity contribution in [3.63, 3.8) is 0 Å². The molecule has 0 saturated carbocycles. The number of hydrogen-bond donors (Lipinski definition) is 1. The van der Waals surface area contributed by atoms with Gasteiger partial charge in [0.2, 0.25) is 5.91 Å². The van der Waals surface area contributed by atoms with Gasteiger partial charge < -0.3 is 5.32 Å². The smallest absolute Gasteiger partial charge is 0.224 e. The molecular formula is C12H19NO. The minimum absolute atomic E-state index is 0. The Kier molecular flexibility index (Phi) is 4.17. The summed E-state index contributed by atoms with van der Waals surface area (Å²) in [7, 11) is 0. The third-order valence-electron chi connectivity index (χ3n) is 2.23. The molecule has 1 unspecified atom stereocenters. The lowest BCUT2D eigenvalue weighted by Gasteiger charge is -2.10. The standard InChI is InChI=1S/C12H17NO.H2/c1-3-10(2)13-12(14)9-11-7-5-4-6-8-11;/h4-8,10H,3,9H2,1-2H3,(H,13,14);1H. The second kappa shape index (κ2) is 5.43. The summed E-state index contributed by atoms with van der Waals surface area (Å²) in [5, 5.41) is 2.94. The average Bonchev–Trinajstić information content (AvgIpc) is 2.19. The summed E-state index contributed by atoms with van der Waals surface area (Å²) in [6, 6.07) is 10.1. The molecule has 1 rings (SSSR count). The molecule has 1 aromatic carbocycles. The topological polar surface area (TPSA) is 29.1 Å². The summed E-state index contributed by atoms with van der Waals surface area (Å²) >= 11 is 0. The fraction of sp³-hybridized carbons (Fsp3) is 0.417. The molecule has 0 saturated heterocycles. The summed E-state index contributed by atoms with van der Waals surface area (Å²) in [5.41, 5.74) is 1.06. The van der Waals surface area contributed by atoms with E-state index in [4.69, 9.17) is 0 Å². The predicted molar refractivity (Wildman–Crippen MR) is 60.2 cm³/mol. The summed E-state index contributed by atoms with van der Waals surface area (Å²) in [6.07, 6.45) is 1.45. The molecule has 2 nitrogen and oxygen atoms in total. The average molecular weight is 193 g/mol. The molecule has 0 aliphatic rings. The first kappa shape index (κ1) is 10.8. The number of hydrogen-bond acceptors (Lipinski definition) is 1. The number of rotatable bonds is 4. The summed E-state index contributed by atoms with van der Waals surface area (Å²) in [6.45, 7) is 4.08. The van der Waals surface area contributed by atoms with E-state index < -0.39 is 0 Å². The molecule has 0 radical (unpaired) electrons. The van der Waals surface area contributed by atoms with E-state index in [0.29, 0.717) is 6.42 Å². The highest BCUT2D eigenvalue weighted by molar-refractivity contribution is 5.78. The highest BCUT2D eigenvalue weighted by Gasteiger charge is 2.05. The van der Waals surface area contributed by atoms with E-state index in [2.05, 4.69) is 12.2 Å². The largest absolute Gasteiger partial charge is 0.353 e. The van der Waals surface area contributed by atoms with Crippen LogP contribution in [0.3, 0.4) is 0 Å². The molecule has 0 spiro atoms. The van der Waals surface area contributed by atoms with Crippen LogP contribution in [-0.4, -0.2) is 11.9 Å². The van der Waals surface area contributed by atoms with Crippen LogP contribution >= 0.6 is 0 Å². The van der Waals surface area contributed by atoms with Gasteiger partial charge >= 0.3 is 0 Å². The Labute approximate surface area is 86.8 Å². The maximum atomic E-state index is 11.5. The van der Waals surface area contributed by atoms with Gasteiger partial charge in [-0.15, -0.1) is 0 Å². The van der Waals surface area contributed by atoms with Crippen molar-refractivity contribution < 1.29 is 6.22 Å². The highest BCUT2D eigenvalue weighted by atomic mass is 16.1. The summed E-state index contributed by atoms with van der Waals surface area (Å²) < 4.78 is 0. The number of nitrogens with one attached hydrogen (secondary N) is 1. The van der Waals surface area contributed by atoms with Crippen molar-refractivity contribution in [2.75, 3.05) is 0 Å². The Hall–Kier alpha value is -1.31. The van der Waals surface area contributed by atoms with Crippen molar-refractivity contribution in [2.45, 2.75) is 32.7 Å². The monoisotopic (exact) mass is 193 g/mol. The zero-order valence-electron chi connectivity index (χ0n) is 8.79. The maximum absolute atomic E-state index is 11.5.